The molecule has 0 rings (SSSR count). The molecular weight excluding hydrogens is 153 g/mol. The van der Waals surface area contributed by atoms with Crippen LogP contribution in [0.5, 0.6) is 0 Å². The quantitative estimate of drug-likeness (QED) is 0.323. The SMILES string of the molecule is O.[Co].[H-].[Mn].[Na+]. The summed E-state index contributed by atoms with van der Waals surface area (Å²) in [5.74, 6) is 0. The molecule has 2 N–H and O–H groups in total. The summed E-state index contributed by atoms with van der Waals surface area (Å²) < 4.78 is 0. The van der Waals surface area contributed by atoms with Gasteiger partial charge in [0.25, 0.3) is 0 Å². The van der Waals surface area contributed by atoms with Crippen molar-refractivity contribution in [2.45, 2.75) is 0 Å². The van der Waals surface area contributed by atoms with Gasteiger partial charge in [-0.15, -0.1) is 0 Å². The Kier molecular flexibility index (Phi) is 189. The third-order valence-corrected chi connectivity index (χ3v) is 0. The van der Waals surface area contributed by atoms with E-state index in [0.29, 0.717) is 0 Å². The van der Waals surface area contributed by atoms with Crippen LogP contribution >= 0.6 is 0 Å². The Morgan fingerprint density at radius 2 is 1.25 bits per heavy atom. The van der Waals surface area contributed by atoms with E-state index in [-0.39, 0.29) is 70.3 Å². The molecule has 2 radical (unpaired) electrons. The van der Waals surface area contributed by atoms with Crippen LogP contribution < -0.4 is 29.6 Å². The molecule has 0 fully saturated rings. The van der Waals surface area contributed by atoms with Gasteiger partial charge in [0, 0.05) is 33.8 Å². The first kappa shape index (κ1) is 37.7. The van der Waals surface area contributed by atoms with Crippen LogP contribution in [0.2, 0.25) is 0 Å². The van der Waals surface area contributed by atoms with Crippen molar-refractivity contribution in [3.8, 4) is 0 Å². The largest absolute Gasteiger partial charge is 1.00 e. The number of rotatable bonds is 0. The van der Waals surface area contributed by atoms with Crippen LogP contribution in [0.25, 0.3) is 0 Å². The molecule has 0 heterocycles. The molecule has 1 nitrogen and oxygen atoms in total. The number of hydrogen-bond acceptors (Lipinski definition) is 0. The van der Waals surface area contributed by atoms with Crippen LogP contribution in [0.1, 0.15) is 1.43 Å². The van der Waals surface area contributed by atoms with E-state index in [2.05, 4.69) is 0 Å². The maximum atomic E-state index is 0. The fourth-order valence-electron chi connectivity index (χ4n) is 0. The standard InChI is InChI=1S/Co.Mn.Na.H2O.H/h;;;1H2;/q;;+1;;-1. The molecule has 0 spiro atoms. The van der Waals surface area contributed by atoms with Crippen molar-refractivity contribution in [1.82, 2.24) is 0 Å². The van der Waals surface area contributed by atoms with E-state index in [9.17, 15) is 0 Å². The zero-order valence-corrected chi connectivity index (χ0v) is 6.43. The van der Waals surface area contributed by atoms with E-state index in [1.54, 1.807) is 0 Å². The fourth-order valence-corrected chi connectivity index (χ4v) is 0. The van der Waals surface area contributed by atoms with Crippen LogP contribution in [0.3, 0.4) is 0 Å². The molecule has 0 aliphatic rings. The molecule has 0 aromatic heterocycles. The summed E-state index contributed by atoms with van der Waals surface area (Å²) >= 11 is 0. The van der Waals surface area contributed by atoms with E-state index in [1.165, 1.54) is 0 Å². The molecule has 0 aromatic carbocycles. The summed E-state index contributed by atoms with van der Waals surface area (Å²) in [5, 5.41) is 0. The van der Waals surface area contributed by atoms with Gasteiger partial charge in [0.2, 0.25) is 0 Å². The molecule has 0 bridgehead atoms. The molecule has 4 heteroatoms. The molecule has 0 saturated carbocycles. The Morgan fingerprint density at radius 1 is 1.25 bits per heavy atom. The topological polar surface area (TPSA) is 31.5 Å². The molecule has 4 heavy (non-hydrogen) atoms. The maximum Gasteiger partial charge on any atom is 1.00 e. The number of hydrogen-bond donors (Lipinski definition) is 0. The molecule has 0 aliphatic heterocycles. The Bertz CT molecular complexity index is 11.6. The first-order valence-electron chi connectivity index (χ1n) is 0. The predicted octanol–water partition coefficient (Wildman–Crippen LogP) is -3.71. The first-order chi connectivity index (χ1) is 0. The van der Waals surface area contributed by atoms with Gasteiger partial charge in [0.15, 0.2) is 0 Å². The normalized spacial score (nSPS) is 0. The van der Waals surface area contributed by atoms with E-state index in [4.69, 9.17) is 0 Å². The minimum Gasteiger partial charge on any atom is -1.00 e. The second-order valence-corrected chi connectivity index (χ2v) is 0. The van der Waals surface area contributed by atoms with Gasteiger partial charge in [0.05, 0.1) is 0 Å². The molecule has 0 saturated heterocycles. The Hall–Kier alpha value is 1.99. The van der Waals surface area contributed by atoms with Crippen LogP contribution in [0, 0.1) is 0 Å². The van der Waals surface area contributed by atoms with Crippen molar-refractivity contribution in [3.05, 3.63) is 0 Å². The Labute approximate surface area is 69.7 Å². The van der Waals surface area contributed by atoms with E-state index in [1.807, 2.05) is 0 Å². The summed E-state index contributed by atoms with van der Waals surface area (Å²) in [4.78, 5) is 0. The summed E-state index contributed by atoms with van der Waals surface area (Å²) in [7, 11) is 0. The zero-order valence-electron chi connectivity index (χ0n) is 3.21. The van der Waals surface area contributed by atoms with Crippen molar-refractivity contribution < 1.29 is 70.3 Å². The van der Waals surface area contributed by atoms with Crippen LogP contribution in [-0.4, -0.2) is 5.48 Å². The van der Waals surface area contributed by atoms with E-state index < -0.39 is 0 Å². The molecule has 26 valence electrons. The van der Waals surface area contributed by atoms with Crippen molar-refractivity contribution in [2.75, 3.05) is 0 Å². The maximum absolute atomic E-state index is 0. The predicted molar refractivity (Wildman–Crippen MR) is 4.73 cm³/mol. The van der Waals surface area contributed by atoms with Crippen LogP contribution in [0.15, 0.2) is 0 Å². The van der Waals surface area contributed by atoms with E-state index in [0.717, 1.165) is 0 Å². The minimum absolute atomic E-state index is 0. The zero-order chi connectivity index (χ0) is 0. The Balaban J connectivity index is 0. The molecule has 0 atom stereocenters. The molecule has 0 aliphatic carbocycles. The third kappa shape index (κ3) is 9.01. The van der Waals surface area contributed by atoms with Crippen molar-refractivity contribution in [2.24, 2.45) is 0 Å². The van der Waals surface area contributed by atoms with Crippen molar-refractivity contribution in [1.29, 1.82) is 0 Å². The summed E-state index contributed by atoms with van der Waals surface area (Å²) in [5.41, 5.74) is 0. The van der Waals surface area contributed by atoms with Gasteiger partial charge >= 0.3 is 29.6 Å². The van der Waals surface area contributed by atoms with Gasteiger partial charge in [-0.05, 0) is 0 Å². The second-order valence-electron chi connectivity index (χ2n) is 0. The van der Waals surface area contributed by atoms with Gasteiger partial charge in [-0.1, -0.05) is 0 Å². The van der Waals surface area contributed by atoms with E-state index >= 15 is 0 Å². The summed E-state index contributed by atoms with van der Waals surface area (Å²) in [6, 6.07) is 0. The fraction of sp³-hybridized carbons (Fsp3) is 0. The average molecular weight is 156 g/mol. The summed E-state index contributed by atoms with van der Waals surface area (Å²) in [6.07, 6.45) is 0. The minimum atomic E-state index is 0. The second kappa shape index (κ2) is 20.1. The van der Waals surface area contributed by atoms with Crippen LogP contribution in [-0.2, 0) is 33.8 Å². The average Bonchev–Trinajstić information content (AvgIpc) is 0. The monoisotopic (exact) mass is 156 g/mol. The van der Waals surface area contributed by atoms with Crippen molar-refractivity contribution in [3.63, 3.8) is 0 Å². The third-order valence-electron chi connectivity index (χ3n) is 0. The molecule has 0 amide bonds. The van der Waals surface area contributed by atoms with Gasteiger partial charge in [0.1, 0.15) is 0 Å². The summed E-state index contributed by atoms with van der Waals surface area (Å²) in [6.45, 7) is 0. The first-order valence-corrected chi connectivity index (χ1v) is 0. The Morgan fingerprint density at radius 3 is 1.25 bits per heavy atom. The molecule has 0 aromatic rings. The smallest absolute Gasteiger partial charge is 1.00 e. The molecular formula is H3CoMnNaO. The van der Waals surface area contributed by atoms with Crippen LogP contribution in [0.4, 0.5) is 0 Å². The van der Waals surface area contributed by atoms with Gasteiger partial charge in [-0.3, -0.25) is 0 Å². The molecule has 0 unspecified atom stereocenters. The van der Waals surface area contributed by atoms with Gasteiger partial charge in [-0.25, -0.2) is 0 Å². The van der Waals surface area contributed by atoms with Gasteiger partial charge in [-0.2, -0.15) is 0 Å². The van der Waals surface area contributed by atoms with Crippen molar-refractivity contribution >= 4 is 0 Å². The van der Waals surface area contributed by atoms with Gasteiger partial charge < -0.3 is 6.90 Å².